The van der Waals surface area contributed by atoms with Crippen LogP contribution in [0.5, 0.6) is 0 Å². The Labute approximate surface area is 81.9 Å². The highest BCUT2D eigenvalue weighted by Gasteiger charge is 2.36. The van der Waals surface area contributed by atoms with Crippen molar-refractivity contribution in [2.75, 3.05) is 12.8 Å². The SMILES string of the molecule is COC(=O)c1ncn(C2CC2C)c1N. The van der Waals surface area contributed by atoms with E-state index in [1.807, 2.05) is 4.57 Å². The lowest BCUT2D eigenvalue weighted by molar-refractivity contribution is 0.0596. The van der Waals surface area contributed by atoms with Crippen LogP contribution in [0.3, 0.4) is 0 Å². The number of carbonyl (C=O) groups is 1. The molecule has 1 aliphatic rings. The first-order valence-corrected chi connectivity index (χ1v) is 4.55. The monoisotopic (exact) mass is 195 g/mol. The number of nitrogens with two attached hydrogens (primary N) is 1. The van der Waals surface area contributed by atoms with Crippen molar-refractivity contribution in [3.63, 3.8) is 0 Å². The van der Waals surface area contributed by atoms with Crippen molar-refractivity contribution in [2.24, 2.45) is 5.92 Å². The number of carbonyl (C=O) groups excluding carboxylic acids is 1. The fourth-order valence-corrected chi connectivity index (χ4v) is 1.58. The highest BCUT2D eigenvalue weighted by atomic mass is 16.5. The normalized spacial score (nSPS) is 24.7. The number of methoxy groups -OCH3 is 1. The maximum absolute atomic E-state index is 11.2. The minimum atomic E-state index is -0.477. The standard InChI is InChI=1S/C9H13N3O2/c1-5-3-6(5)12-4-11-7(8(12)10)9(13)14-2/h4-6H,3,10H2,1-2H3. The minimum Gasteiger partial charge on any atom is -0.464 e. The van der Waals surface area contributed by atoms with E-state index in [1.54, 1.807) is 6.33 Å². The summed E-state index contributed by atoms with van der Waals surface area (Å²) in [5.41, 5.74) is 6.00. The van der Waals surface area contributed by atoms with Crippen molar-refractivity contribution in [1.29, 1.82) is 0 Å². The Morgan fingerprint density at radius 2 is 2.43 bits per heavy atom. The molecule has 0 aromatic carbocycles. The minimum absolute atomic E-state index is 0.214. The lowest BCUT2D eigenvalue weighted by Crippen LogP contribution is -2.08. The molecule has 0 aliphatic heterocycles. The third-order valence-electron chi connectivity index (χ3n) is 2.64. The summed E-state index contributed by atoms with van der Waals surface area (Å²) in [7, 11) is 1.32. The van der Waals surface area contributed by atoms with Crippen LogP contribution in [0.4, 0.5) is 5.82 Å². The van der Waals surface area contributed by atoms with Gasteiger partial charge in [0.1, 0.15) is 5.82 Å². The molecule has 0 bridgehead atoms. The average Bonchev–Trinajstić information content (AvgIpc) is 2.75. The number of ether oxygens (including phenoxy) is 1. The van der Waals surface area contributed by atoms with E-state index in [0.29, 0.717) is 17.8 Å². The highest BCUT2D eigenvalue weighted by molar-refractivity contribution is 5.92. The zero-order chi connectivity index (χ0) is 10.3. The molecule has 2 rings (SSSR count). The maximum atomic E-state index is 11.2. The van der Waals surface area contributed by atoms with Crippen molar-refractivity contribution < 1.29 is 9.53 Å². The molecular formula is C9H13N3O2. The average molecular weight is 195 g/mol. The Balaban J connectivity index is 2.28. The van der Waals surface area contributed by atoms with E-state index in [4.69, 9.17) is 5.73 Å². The quantitative estimate of drug-likeness (QED) is 0.709. The Morgan fingerprint density at radius 1 is 1.79 bits per heavy atom. The first-order chi connectivity index (χ1) is 6.65. The third-order valence-corrected chi connectivity index (χ3v) is 2.64. The van der Waals surface area contributed by atoms with Gasteiger partial charge >= 0.3 is 5.97 Å². The molecule has 0 saturated heterocycles. The van der Waals surface area contributed by atoms with Gasteiger partial charge in [-0.15, -0.1) is 0 Å². The number of hydrogen-bond donors (Lipinski definition) is 1. The lowest BCUT2D eigenvalue weighted by atomic mass is 10.4. The van der Waals surface area contributed by atoms with Crippen molar-refractivity contribution in [1.82, 2.24) is 9.55 Å². The van der Waals surface area contributed by atoms with E-state index >= 15 is 0 Å². The van der Waals surface area contributed by atoms with E-state index < -0.39 is 5.97 Å². The Bertz CT molecular complexity index is 372. The number of nitrogen functional groups attached to an aromatic ring is 1. The van der Waals surface area contributed by atoms with Gasteiger partial charge in [-0.05, 0) is 12.3 Å². The van der Waals surface area contributed by atoms with E-state index in [-0.39, 0.29) is 5.69 Å². The van der Waals surface area contributed by atoms with E-state index in [0.717, 1.165) is 6.42 Å². The predicted octanol–water partition coefficient (Wildman–Crippen LogP) is 0.833. The molecule has 5 heteroatoms. The van der Waals surface area contributed by atoms with Crippen LogP contribution < -0.4 is 5.73 Å². The van der Waals surface area contributed by atoms with Crippen LogP contribution in [0.2, 0.25) is 0 Å². The first kappa shape index (κ1) is 9.05. The Hall–Kier alpha value is -1.52. The van der Waals surface area contributed by atoms with Crippen molar-refractivity contribution >= 4 is 11.8 Å². The second kappa shape index (κ2) is 3.01. The van der Waals surface area contributed by atoms with Gasteiger partial charge in [0.2, 0.25) is 0 Å². The zero-order valence-corrected chi connectivity index (χ0v) is 8.23. The molecular weight excluding hydrogens is 182 g/mol. The maximum Gasteiger partial charge on any atom is 0.360 e. The fraction of sp³-hybridized carbons (Fsp3) is 0.556. The first-order valence-electron chi connectivity index (χ1n) is 4.55. The summed E-state index contributed by atoms with van der Waals surface area (Å²) in [6.07, 6.45) is 2.71. The van der Waals surface area contributed by atoms with E-state index in [9.17, 15) is 4.79 Å². The van der Waals surface area contributed by atoms with Crippen molar-refractivity contribution in [3.05, 3.63) is 12.0 Å². The Kier molecular flexibility index (Phi) is 1.94. The Morgan fingerprint density at radius 3 is 2.93 bits per heavy atom. The van der Waals surface area contributed by atoms with Gasteiger partial charge in [0, 0.05) is 6.04 Å². The molecule has 2 N–H and O–H groups in total. The summed E-state index contributed by atoms with van der Waals surface area (Å²) >= 11 is 0. The summed E-state index contributed by atoms with van der Waals surface area (Å²) in [5.74, 6) is 0.553. The number of anilines is 1. The number of aromatic nitrogens is 2. The molecule has 1 aromatic heterocycles. The summed E-state index contributed by atoms with van der Waals surface area (Å²) in [5, 5.41) is 0. The number of imidazole rings is 1. The number of nitrogens with zero attached hydrogens (tertiary/aromatic N) is 2. The smallest absolute Gasteiger partial charge is 0.360 e. The largest absolute Gasteiger partial charge is 0.464 e. The van der Waals surface area contributed by atoms with Crippen LogP contribution in [0.1, 0.15) is 29.9 Å². The van der Waals surface area contributed by atoms with Gasteiger partial charge in [-0.2, -0.15) is 0 Å². The highest BCUT2D eigenvalue weighted by Crippen LogP contribution is 2.44. The van der Waals surface area contributed by atoms with Gasteiger partial charge in [-0.25, -0.2) is 9.78 Å². The van der Waals surface area contributed by atoms with Gasteiger partial charge in [-0.3, -0.25) is 0 Å². The molecule has 5 nitrogen and oxygen atoms in total. The van der Waals surface area contributed by atoms with Gasteiger partial charge in [-0.1, -0.05) is 6.92 Å². The molecule has 2 unspecified atom stereocenters. The van der Waals surface area contributed by atoms with Crippen molar-refractivity contribution in [3.8, 4) is 0 Å². The molecule has 1 saturated carbocycles. The summed E-state index contributed by atoms with van der Waals surface area (Å²) < 4.78 is 6.41. The fourth-order valence-electron chi connectivity index (χ4n) is 1.58. The topological polar surface area (TPSA) is 70.1 Å². The van der Waals surface area contributed by atoms with Crippen molar-refractivity contribution in [2.45, 2.75) is 19.4 Å². The second-order valence-electron chi connectivity index (χ2n) is 3.66. The molecule has 1 aliphatic carbocycles. The third kappa shape index (κ3) is 1.25. The van der Waals surface area contributed by atoms with Crippen LogP contribution in [-0.2, 0) is 4.74 Å². The molecule has 0 spiro atoms. The summed E-state index contributed by atoms with van der Waals surface area (Å²) in [4.78, 5) is 15.1. The van der Waals surface area contributed by atoms with Gasteiger partial charge < -0.3 is 15.0 Å². The number of rotatable bonds is 2. The van der Waals surface area contributed by atoms with Crippen LogP contribution in [0, 0.1) is 5.92 Å². The molecule has 1 aromatic rings. The van der Waals surface area contributed by atoms with Crippen LogP contribution in [0.15, 0.2) is 6.33 Å². The number of hydrogen-bond acceptors (Lipinski definition) is 4. The molecule has 2 atom stereocenters. The summed E-state index contributed by atoms with van der Waals surface area (Å²) in [6, 6.07) is 0.404. The van der Waals surface area contributed by atoms with Crippen LogP contribution >= 0.6 is 0 Å². The predicted molar refractivity (Wildman–Crippen MR) is 50.8 cm³/mol. The van der Waals surface area contributed by atoms with E-state index in [2.05, 4.69) is 16.6 Å². The zero-order valence-electron chi connectivity index (χ0n) is 8.23. The lowest BCUT2D eigenvalue weighted by Gasteiger charge is -2.02. The molecule has 1 fully saturated rings. The molecule has 0 amide bonds. The van der Waals surface area contributed by atoms with Gasteiger partial charge in [0.15, 0.2) is 5.69 Å². The molecule has 1 heterocycles. The second-order valence-corrected chi connectivity index (χ2v) is 3.66. The molecule has 76 valence electrons. The van der Waals surface area contributed by atoms with Gasteiger partial charge in [0.05, 0.1) is 13.4 Å². The molecule has 14 heavy (non-hydrogen) atoms. The van der Waals surface area contributed by atoms with Crippen LogP contribution in [-0.4, -0.2) is 22.6 Å². The number of esters is 1. The van der Waals surface area contributed by atoms with Crippen LogP contribution in [0.25, 0.3) is 0 Å². The van der Waals surface area contributed by atoms with Gasteiger partial charge in [0.25, 0.3) is 0 Å². The summed E-state index contributed by atoms with van der Waals surface area (Å²) in [6.45, 7) is 2.14. The van der Waals surface area contributed by atoms with E-state index in [1.165, 1.54) is 7.11 Å². The molecule has 0 radical (unpaired) electrons.